The zero-order valence-electron chi connectivity index (χ0n) is 63.1. The summed E-state index contributed by atoms with van der Waals surface area (Å²) in [6, 6.07) is 11.3. The first-order valence-corrected chi connectivity index (χ1v) is 36.2. The number of aromatic nitrogens is 2. The summed E-state index contributed by atoms with van der Waals surface area (Å²) in [6.07, 6.45) is -21.9. The number of alkyl halides is 12. The number of benzene rings is 7. The third-order valence-electron chi connectivity index (χ3n) is 22.2. The van der Waals surface area contributed by atoms with Crippen LogP contribution in [0.4, 0.5) is 64.1 Å². The summed E-state index contributed by atoms with van der Waals surface area (Å²) >= 11 is 0. The van der Waals surface area contributed by atoms with Crippen molar-refractivity contribution in [3.05, 3.63) is 223 Å². The number of amides is 3. The lowest BCUT2D eigenvalue weighted by Crippen LogP contribution is -2.50. The standard InChI is InChI=1S/C82H74F12N6O15/c1-11-18-28-76(9,97-41-21-25-45(61(31-41)81(89,90)91)44-24-20-40(30-60(44)80(86,87)88)96-65(103)49-33-48(57(73(112)113)38-58(49)74(114)115)64(102)77(15-5,95-10)27-12-2)63(101)47-34-52-55(37-56(47)72(110)111)71(109)100(70(52)108)78(16-6,17-7)39-19-23-43(59(29-39)79(83,84)85)46-26-22-42(32-62(46)82(92,93)94)98-66(104)50-35-53-54(36-51(50)67(98)105)69(107)99(68(53)106)75(8,13-3)14-4/h19-26,29-38,95,97H,11-18,27-28H2,1-10H3,(H,96,103)(H,110,111)(H,112,113)(H,114,115). The summed E-state index contributed by atoms with van der Waals surface area (Å²) in [7, 11) is 1.41. The number of carbonyl (C=O) groups is 8. The molecule has 606 valence electrons. The van der Waals surface area contributed by atoms with Crippen molar-refractivity contribution in [1.82, 2.24) is 19.4 Å². The van der Waals surface area contributed by atoms with Crippen LogP contribution in [0, 0.1) is 0 Å². The molecule has 2 atom stereocenters. The number of carboxylic acid groups (broad SMARTS) is 3. The van der Waals surface area contributed by atoms with E-state index < -0.39 is 252 Å². The van der Waals surface area contributed by atoms with Crippen LogP contribution in [0.3, 0.4) is 0 Å². The van der Waals surface area contributed by atoms with Gasteiger partial charge in [-0.2, -0.15) is 52.7 Å². The molecule has 0 saturated heterocycles. The van der Waals surface area contributed by atoms with Gasteiger partial charge in [-0.3, -0.25) is 52.6 Å². The number of aromatic carboxylic acids is 3. The highest BCUT2D eigenvalue weighted by Gasteiger charge is 2.52. The Morgan fingerprint density at radius 1 is 0.409 bits per heavy atom. The molecule has 10 rings (SSSR count). The topological polar surface area (TPSA) is 315 Å². The van der Waals surface area contributed by atoms with Crippen molar-refractivity contribution < 1.29 is 106 Å². The maximum absolute atomic E-state index is 15.7. The van der Waals surface area contributed by atoms with Gasteiger partial charge in [0.2, 0.25) is 0 Å². The van der Waals surface area contributed by atoms with E-state index in [1.54, 1.807) is 41.5 Å². The van der Waals surface area contributed by atoms with Gasteiger partial charge in [0, 0.05) is 28.0 Å². The molecule has 115 heavy (non-hydrogen) atoms. The summed E-state index contributed by atoms with van der Waals surface area (Å²) < 4.78 is 187. The summed E-state index contributed by atoms with van der Waals surface area (Å²) in [5.74, 6) is -11.9. The Hall–Kier alpha value is -11.9. The second-order valence-electron chi connectivity index (χ2n) is 28.6. The lowest BCUT2D eigenvalue weighted by Gasteiger charge is -2.40. The zero-order chi connectivity index (χ0) is 85.4. The van der Waals surface area contributed by atoms with Crippen molar-refractivity contribution >= 4 is 80.1 Å². The van der Waals surface area contributed by atoms with E-state index in [1.807, 2.05) is 0 Å². The average molecular weight is 1610 g/mol. The highest BCUT2D eigenvalue weighted by molar-refractivity contribution is 6.25. The molecule has 2 unspecified atom stereocenters. The van der Waals surface area contributed by atoms with Crippen LogP contribution in [0.2, 0.25) is 0 Å². The van der Waals surface area contributed by atoms with Crippen molar-refractivity contribution in [1.29, 1.82) is 0 Å². The molecule has 0 spiro atoms. The number of halogens is 12. The molecule has 6 N–H and O–H groups in total. The second kappa shape index (κ2) is 30.8. The molecule has 2 aromatic heterocycles. The number of anilines is 2. The number of rotatable bonds is 28. The zero-order valence-corrected chi connectivity index (χ0v) is 63.1. The molecule has 1 aliphatic rings. The van der Waals surface area contributed by atoms with E-state index in [2.05, 4.69) is 16.0 Å². The van der Waals surface area contributed by atoms with Gasteiger partial charge in [-0.15, -0.1) is 0 Å². The summed E-state index contributed by atoms with van der Waals surface area (Å²) in [4.78, 5) is 168. The number of hydrogen-bond donors (Lipinski definition) is 6. The first-order chi connectivity index (χ1) is 53.6. The van der Waals surface area contributed by atoms with E-state index in [9.17, 15) is 63.3 Å². The molecule has 3 amide bonds. The highest BCUT2D eigenvalue weighted by Crippen LogP contribution is 2.50. The number of Topliss-reactive ketones (excluding diaryl/α,β-unsaturated/α-hetero) is 2. The van der Waals surface area contributed by atoms with E-state index in [4.69, 9.17) is 0 Å². The maximum Gasteiger partial charge on any atom is 0.417 e. The van der Waals surface area contributed by atoms with Gasteiger partial charge < -0.3 is 31.3 Å². The molecule has 3 heterocycles. The van der Waals surface area contributed by atoms with Gasteiger partial charge in [0.25, 0.3) is 40.0 Å². The number of carboxylic acids is 3. The van der Waals surface area contributed by atoms with Crippen LogP contribution >= 0.6 is 0 Å². The molecule has 0 radical (unpaired) electrons. The monoisotopic (exact) mass is 1610 g/mol. The van der Waals surface area contributed by atoms with Crippen molar-refractivity contribution in [3.63, 3.8) is 0 Å². The third kappa shape index (κ3) is 14.9. The predicted octanol–water partition coefficient (Wildman–Crippen LogP) is 17.1. The number of nitrogens with one attached hydrogen (secondary N) is 3. The lowest BCUT2D eigenvalue weighted by molar-refractivity contribution is -0.139. The molecule has 0 fully saturated rings. The number of unbranched alkanes of at least 4 members (excludes halogenated alkanes) is 1. The van der Waals surface area contributed by atoms with Crippen LogP contribution in [-0.4, -0.2) is 94.7 Å². The number of nitrogens with zero attached hydrogens (tertiary/aromatic N) is 3. The minimum Gasteiger partial charge on any atom is -0.478 e. The van der Waals surface area contributed by atoms with E-state index in [0.29, 0.717) is 89.4 Å². The van der Waals surface area contributed by atoms with Crippen molar-refractivity contribution in [2.24, 2.45) is 0 Å². The van der Waals surface area contributed by atoms with Crippen LogP contribution in [0.25, 0.3) is 49.5 Å². The fourth-order valence-corrected chi connectivity index (χ4v) is 15.5. The fourth-order valence-electron chi connectivity index (χ4n) is 15.5. The normalized spacial score (nSPS) is 14.1. The summed E-state index contributed by atoms with van der Waals surface area (Å²) in [5.41, 5.74) is -31.9. The quantitative estimate of drug-likeness (QED) is 0.0151. The number of fused-ring (bicyclic) bond motifs is 3. The van der Waals surface area contributed by atoms with Crippen LogP contribution in [0.5, 0.6) is 0 Å². The van der Waals surface area contributed by atoms with Crippen LogP contribution < -0.4 is 38.2 Å². The molecule has 0 aliphatic carbocycles. The number of imide groups is 1. The Balaban J connectivity index is 0.993. The lowest BCUT2D eigenvalue weighted by atomic mass is 9.80. The van der Waals surface area contributed by atoms with Gasteiger partial charge >= 0.3 is 42.6 Å². The van der Waals surface area contributed by atoms with Crippen LogP contribution in [-0.2, 0) is 35.8 Å². The van der Waals surface area contributed by atoms with E-state index >= 15 is 62.3 Å². The molecule has 21 nitrogen and oxygen atoms in total. The number of likely N-dealkylation sites (N-methyl/N-ethyl adjacent to an activating group) is 1. The summed E-state index contributed by atoms with van der Waals surface area (Å²) in [6.45, 7) is 13.8. The Morgan fingerprint density at radius 2 is 0.817 bits per heavy atom. The molecular weight excluding hydrogens is 1540 g/mol. The van der Waals surface area contributed by atoms with Gasteiger partial charge in [0.15, 0.2) is 11.6 Å². The van der Waals surface area contributed by atoms with Crippen molar-refractivity contribution in [2.75, 3.05) is 17.7 Å². The van der Waals surface area contributed by atoms with Crippen molar-refractivity contribution in [2.45, 2.75) is 173 Å². The predicted molar refractivity (Wildman–Crippen MR) is 399 cm³/mol. The second-order valence-corrected chi connectivity index (χ2v) is 28.6. The highest BCUT2D eigenvalue weighted by atomic mass is 19.4. The number of ketones is 2. The molecule has 7 aromatic carbocycles. The summed E-state index contributed by atoms with van der Waals surface area (Å²) in [5, 5.41) is 37.1. The largest absolute Gasteiger partial charge is 0.478 e. The van der Waals surface area contributed by atoms with E-state index in [1.165, 1.54) is 20.9 Å². The number of hydrogen-bond acceptors (Lipinski definition) is 14. The first-order valence-electron chi connectivity index (χ1n) is 36.2. The van der Waals surface area contributed by atoms with Crippen molar-refractivity contribution in [3.8, 4) is 27.9 Å². The third-order valence-corrected chi connectivity index (χ3v) is 22.2. The van der Waals surface area contributed by atoms with Gasteiger partial charge in [0.1, 0.15) is 0 Å². The molecular formula is C82H74F12N6O15. The minimum atomic E-state index is -5.56. The van der Waals surface area contributed by atoms with Crippen LogP contribution in [0.15, 0.2) is 128 Å². The number of carbonyl (C=O) groups excluding carboxylic acids is 5. The van der Waals surface area contributed by atoms with E-state index in [0.717, 1.165) is 47.9 Å². The first kappa shape index (κ1) is 85.5. The fraction of sp³-hybridized carbons (Fsp3) is 0.341. The smallest absolute Gasteiger partial charge is 0.417 e. The molecule has 0 bridgehead atoms. The minimum absolute atomic E-state index is 0.0384. The van der Waals surface area contributed by atoms with E-state index in [-0.39, 0.29) is 55.0 Å². The Bertz CT molecular complexity index is 5710. The van der Waals surface area contributed by atoms with Crippen LogP contribution in [0.1, 0.15) is 237 Å². The average Bonchev–Trinajstić information content (AvgIpc) is 1.60. The van der Waals surface area contributed by atoms with Gasteiger partial charge in [-0.1, -0.05) is 98.1 Å². The Morgan fingerprint density at radius 3 is 1.26 bits per heavy atom. The molecule has 1 aliphatic heterocycles. The Kier molecular flexibility index (Phi) is 22.9. The van der Waals surface area contributed by atoms with Gasteiger partial charge in [-0.05, 0) is 173 Å². The SMILES string of the molecule is CCCCC(C)(Nc1ccc(-c2ccc(NC(=O)c3cc(C(=O)C(CC)(CCC)NC)c(C(=O)O)cc3C(=O)O)cc2C(F)(F)F)c(C(F)(F)F)c1)C(=O)c1cc2c(cc1C(=O)O)C(=O)N(C(CC)(CC)c1ccc(-c3ccc(-n4c(=O)c5cc6c(=O)n(C(C)(CC)CC)c(=O)c6cc5c4=O)cc3C(F)(F)F)c(C(F)(F)F)c1)C2=O. The van der Waals surface area contributed by atoms with Gasteiger partial charge in [0.05, 0.1) is 99.5 Å². The molecule has 9 aromatic rings. The maximum atomic E-state index is 15.7. The Labute approximate surface area is 645 Å². The molecule has 33 heteroatoms. The molecule has 0 saturated carbocycles. The van der Waals surface area contributed by atoms with Gasteiger partial charge in [-0.25, -0.2) is 19.0 Å².